The molecular formula is C20H25N5O4S. The van der Waals surface area contributed by atoms with Crippen molar-refractivity contribution < 1.29 is 19.1 Å². The van der Waals surface area contributed by atoms with Gasteiger partial charge >= 0.3 is 0 Å². The molecule has 1 N–H and O–H groups in total. The predicted octanol–water partition coefficient (Wildman–Crippen LogP) is 1.82. The third kappa shape index (κ3) is 5.32. The van der Waals surface area contributed by atoms with Gasteiger partial charge in [-0.05, 0) is 18.6 Å². The Balaban J connectivity index is 1.26. The minimum Gasteiger partial charge on any atom is -0.370 e. The van der Waals surface area contributed by atoms with Gasteiger partial charge in [0, 0.05) is 37.6 Å². The average molecular weight is 432 g/mol. The van der Waals surface area contributed by atoms with Crippen molar-refractivity contribution in [3.05, 3.63) is 35.5 Å². The number of hydrogen-bond donors (Lipinski definition) is 1. The maximum atomic E-state index is 12.5. The molecule has 1 unspecified atom stereocenters. The number of anilines is 2. The smallest absolute Gasteiger partial charge is 0.248 e. The van der Waals surface area contributed by atoms with Crippen LogP contribution in [0.25, 0.3) is 0 Å². The zero-order valence-electron chi connectivity index (χ0n) is 16.7. The molecule has 0 bridgehead atoms. The van der Waals surface area contributed by atoms with Crippen LogP contribution in [0.1, 0.15) is 24.6 Å². The first-order chi connectivity index (χ1) is 14.7. The number of carbonyl (C=O) groups excluding carboxylic acids is 2. The van der Waals surface area contributed by atoms with Gasteiger partial charge in [0.25, 0.3) is 0 Å². The molecule has 2 aromatic heterocycles. The van der Waals surface area contributed by atoms with Crippen molar-refractivity contribution in [1.29, 1.82) is 0 Å². The lowest BCUT2D eigenvalue weighted by atomic mass is 10.2. The van der Waals surface area contributed by atoms with E-state index in [-0.39, 0.29) is 24.5 Å². The maximum Gasteiger partial charge on any atom is 0.248 e. The summed E-state index contributed by atoms with van der Waals surface area (Å²) in [5, 5.41) is 5.84. The molecule has 0 aliphatic carbocycles. The molecule has 2 saturated heterocycles. The summed E-state index contributed by atoms with van der Waals surface area (Å²) in [5.74, 6) is 0.780. The third-order valence-electron chi connectivity index (χ3n) is 5.09. The van der Waals surface area contributed by atoms with Gasteiger partial charge in [-0.25, -0.2) is 9.97 Å². The van der Waals surface area contributed by atoms with E-state index in [0.29, 0.717) is 45.1 Å². The van der Waals surface area contributed by atoms with E-state index in [0.717, 1.165) is 23.8 Å². The summed E-state index contributed by atoms with van der Waals surface area (Å²) >= 11 is 1.50. The van der Waals surface area contributed by atoms with E-state index in [1.807, 2.05) is 23.6 Å². The summed E-state index contributed by atoms with van der Waals surface area (Å²) in [4.78, 5) is 36.5. The quantitative estimate of drug-likeness (QED) is 0.637. The summed E-state index contributed by atoms with van der Waals surface area (Å²) in [6.07, 6.45) is 2.96. The average Bonchev–Trinajstić information content (AvgIpc) is 3.43. The topological polar surface area (TPSA) is 96.9 Å². The summed E-state index contributed by atoms with van der Waals surface area (Å²) in [7, 11) is 0. The number of nitrogens with zero attached hydrogens (tertiary/aromatic N) is 4. The molecule has 0 aromatic carbocycles. The fourth-order valence-corrected chi connectivity index (χ4v) is 4.05. The van der Waals surface area contributed by atoms with Crippen molar-refractivity contribution in [1.82, 2.24) is 19.8 Å². The number of hydrogen-bond acceptors (Lipinski definition) is 8. The largest absolute Gasteiger partial charge is 0.370 e. The number of amides is 2. The highest BCUT2D eigenvalue weighted by atomic mass is 32.1. The van der Waals surface area contributed by atoms with Crippen LogP contribution in [0.4, 0.5) is 10.9 Å². The third-order valence-corrected chi connectivity index (χ3v) is 5.78. The number of ether oxygens (including phenoxy) is 2. The number of aromatic nitrogens is 2. The summed E-state index contributed by atoms with van der Waals surface area (Å²) in [6.45, 7) is 3.11. The molecular weight excluding hydrogens is 406 g/mol. The van der Waals surface area contributed by atoms with Crippen LogP contribution >= 0.6 is 11.3 Å². The summed E-state index contributed by atoms with van der Waals surface area (Å²) in [6, 6.07) is 5.68. The van der Waals surface area contributed by atoms with Crippen LogP contribution < -0.4 is 5.32 Å². The van der Waals surface area contributed by atoms with Gasteiger partial charge in [-0.15, -0.1) is 11.3 Å². The van der Waals surface area contributed by atoms with Gasteiger partial charge in [-0.3, -0.25) is 9.59 Å². The standard InChI is InChI=1S/C20H25N5O4S/c26-18-5-2-7-24(18)8-10-28-14-19(27)25-9-11-29-16(13-25)15-3-1-4-17(22-15)23-20-21-6-12-30-20/h1,3-4,6,12,16H,2,5,7-11,13-14H2,(H,21,22,23). The first kappa shape index (κ1) is 20.7. The number of carbonyl (C=O) groups is 2. The van der Waals surface area contributed by atoms with Gasteiger partial charge in [-0.2, -0.15) is 0 Å². The first-order valence-electron chi connectivity index (χ1n) is 10.1. The number of likely N-dealkylation sites (tertiary alicyclic amines) is 1. The normalized spacial score (nSPS) is 19.3. The van der Waals surface area contributed by atoms with Crippen LogP contribution in [0.2, 0.25) is 0 Å². The summed E-state index contributed by atoms with van der Waals surface area (Å²) in [5.41, 5.74) is 0.766. The molecule has 160 valence electrons. The SMILES string of the molecule is O=C1CCCN1CCOCC(=O)N1CCOC(c2cccc(Nc3nccs3)n2)C1. The van der Waals surface area contributed by atoms with Crippen molar-refractivity contribution in [2.75, 3.05) is 51.3 Å². The second-order valence-electron chi connectivity index (χ2n) is 7.15. The lowest BCUT2D eigenvalue weighted by Gasteiger charge is -2.32. The highest BCUT2D eigenvalue weighted by Crippen LogP contribution is 2.23. The Bertz CT molecular complexity index is 863. The van der Waals surface area contributed by atoms with E-state index in [2.05, 4.69) is 15.3 Å². The number of pyridine rings is 1. The second kappa shape index (κ2) is 9.96. The van der Waals surface area contributed by atoms with E-state index in [1.165, 1.54) is 11.3 Å². The predicted molar refractivity (Wildman–Crippen MR) is 112 cm³/mol. The van der Waals surface area contributed by atoms with E-state index in [9.17, 15) is 9.59 Å². The molecule has 2 aromatic rings. The van der Waals surface area contributed by atoms with Gasteiger partial charge in [0.2, 0.25) is 11.8 Å². The Hall–Kier alpha value is -2.56. The Morgan fingerprint density at radius 3 is 3.10 bits per heavy atom. The fourth-order valence-electron chi connectivity index (χ4n) is 3.52. The zero-order valence-corrected chi connectivity index (χ0v) is 17.5. The summed E-state index contributed by atoms with van der Waals surface area (Å²) < 4.78 is 11.4. The molecule has 10 heteroatoms. The van der Waals surface area contributed by atoms with Gasteiger partial charge in [0.15, 0.2) is 5.13 Å². The van der Waals surface area contributed by atoms with E-state index >= 15 is 0 Å². The molecule has 0 spiro atoms. The highest BCUT2D eigenvalue weighted by Gasteiger charge is 2.27. The van der Waals surface area contributed by atoms with Crippen LogP contribution in [0.15, 0.2) is 29.8 Å². The molecule has 2 amide bonds. The van der Waals surface area contributed by atoms with Crippen molar-refractivity contribution in [2.24, 2.45) is 0 Å². The lowest BCUT2D eigenvalue weighted by Crippen LogP contribution is -2.44. The Kier molecular flexibility index (Phi) is 6.88. The van der Waals surface area contributed by atoms with Crippen LogP contribution in [0.3, 0.4) is 0 Å². The number of morpholine rings is 1. The zero-order chi connectivity index (χ0) is 20.8. The van der Waals surface area contributed by atoms with Crippen LogP contribution in [0.5, 0.6) is 0 Å². The van der Waals surface area contributed by atoms with Gasteiger partial charge in [0.1, 0.15) is 18.5 Å². The molecule has 0 saturated carbocycles. The number of rotatable bonds is 8. The molecule has 1 atom stereocenters. The molecule has 30 heavy (non-hydrogen) atoms. The van der Waals surface area contributed by atoms with E-state index in [4.69, 9.17) is 9.47 Å². The minimum atomic E-state index is -0.289. The molecule has 4 rings (SSSR count). The van der Waals surface area contributed by atoms with Gasteiger partial charge in [0.05, 0.1) is 25.5 Å². The molecule has 0 radical (unpaired) electrons. The Morgan fingerprint density at radius 1 is 1.37 bits per heavy atom. The van der Waals surface area contributed by atoms with Crippen molar-refractivity contribution in [3.8, 4) is 0 Å². The fraction of sp³-hybridized carbons (Fsp3) is 0.500. The highest BCUT2D eigenvalue weighted by molar-refractivity contribution is 7.13. The molecule has 2 aliphatic heterocycles. The molecule has 9 nitrogen and oxygen atoms in total. The van der Waals surface area contributed by atoms with Gasteiger partial charge < -0.3 is 24.6 Å². The Morgan fingerprint density at radius 2 is 2.30 bits per heavy atom. The lowest BCUT2D eigenvalue weighted by molar-refractivity contribution is -0.144. The first-order valence-corrected chi connectivity index (χ1v) is 11.0. The van der Waals surface area contributed by atoms with Crippen LogP contribution in [-0.2, 0) is 19.1 Å². The van der Waals surface area contributed by atoms with E-state index in [1.54, 1.807) is 16.0 Å². The second-order valence-corrected chi connectivity index (χ2v) is 8.04. The Labute approximate surface area is 179 Å². The number of nitrogens with one attached hydrogen (secondary N) is 1. The number of thiazole rings is 1. The molecule has 2 fully saturated rings. The molecule has 2 aliphatic rings. The molecule has 4 heterocycles. The van der Waals surface area contributed by atoms with Crippen molar-refractivity contribution in [2.45, 2.75) is 18.9 Å². The van der Waals surface area contributed by atoms with E-state index < -0.39 is 0 Å². The van der Waals surface area contributed by atoms with Crippen molar-refractivity contribution in [3.63, 3.8) is 0 Å². The van der Waals surface area contributed by atoms with Crippen LogP contribution in [-0.4, -0.2) is 77.6 Å². The maximum absolute atomic E-state index is 12.5. The minimum absolute atomic E-state index is 0.00776. The van der Waals surface area contributed by atoms with Crippen LogP contribution in [0, 0.1) is 0 Å². The monoisotopic (exact) mass is 431 g/mol. The van der Waals surface area contributed by atoms with Crippen molar-refractivity contribution >= 4 is 34.1 Å². The van der Waals surface area contributed by atoms with Gasteiger partial charge in [-0.1, -0.05) is 6.07 Å².